The molecule has 3 atom stereocenters. The van der Waals surface area contributed by atoms with Crippen LogP contribution in [0.15, 0.2) is 30.4 Å². The van der Waals surface area contributed by atoms with Gasteiger partial charge in [0.15, 0.2) is 0 Å². The average molecular weight is 522 g/mol. The summed E-state index contributed by atoms with van der Waals surface area (Å²) in [5.74, 6) is -1.73. The molecule has 1 saturated heterocycles. The lowest BCUT2D eigenvalue weighted by Gasteiger charge is -2.33. The first-order valence-electron chi connectivity index (χ1n) is 12.0. The van der Waals surface area contributed by atoms with E-state index in [0.717, 1.165) is 0 Å². The highest BCUT2D eigenvalue weighted by atomic mass is 35.5. The standard InChI is InChI=1S/C26H33Cl2N3O4/c1-5-21(23(33)29-26(2,3)4)31(15-16-10-11-17(27)14-20(16)28)22(32)12-13-30-24(34)18-8-6-7-9-19(18)25(30)35/h6-7,10-11,14,18-19,21H,5,8-9,12-13,15H2,1-4H3,(H,29,33)/t18-,19+,21?. The van der Waals surface area contributed by atoms with Gasteiger partial charge >= 0.3 is 0 Å². The number of rotatable bonds is 8. The highest BCUT2D eigenvalue weighted by molar-refractivity contribution is 6.35. The number of halogens is 2. The number of nitrogens with zero attached hydrogens (tertiary/aromatic N) is 2. The first kappa shape index (κ1) is 27.2. The second-order valence-corrected chi connectivity index (χ2v) is 11.0. The predicted octanol–water partition coefficient (Wildman–Crippen LogP) is 4.36. The van der Waals surface area contributed by atoms with E-state index >= 15 is 0 Å². The highest BCUT2D eigenvalue weighted by Crippen LogP contribution is 2.35. The second kappa shape index (κ2) is 11.1. The molecule has 0 bridgehead atoms. The Morgan fingerprint density at radius 1 is 1.11 bits per heavy atom. The van der Waals surface area contributed by atoms with Gasteiger partial charge in [-0.25, -0.2) is 0 Å². The maximum atomic E-state index is 13.5. The van der Waals surface area contributed by atoms with Gasteiger partial charge in [0.2, 0.25) is 23.6 Å². The van der Waals surface area contributed by atoms with E-state index in [0.29, 0.717) is 34.9 Å². The number of hydrogen-bond donors (Lipinski definition) is 1. The van der Waals surface area contributed by atoms with Crippen molar-refractivity contribution in [1.82, 2.24) is 15.1 Å². The zero-order chi connectivity index (χ0) is 25.9. The van der Waals surface area contributed by atoms with Crippen LogP contribution in [0.3, 0.4) is 0 Å². The molecule has 1 unspecified atom stereocenters. The van der Waals surface area contributed by atoms with E-state index in [2.05, 4.69) is 5.32 Å². The van der Waals surface area contributed by atoms with Crippen molar-refractivity contribution < 1.29 is 19.2 Å². The number of fused-ring (bicyclic) bond motifs is 1. The molecular formula is C26H33Cl2N3O4. The number of amides is 4. The number of imide groups is 1. The molecule has 3 rings (SSSR count). The van der Waals surface area contributed by atoms with Crippen LogP contribution in [0, 0.1) is 11.8 Å². The van der Waals surface area contributed by atoms with Crippen LogP contribution in [-0.2, 0) is 25.7 Å². The molecule has 1 fully saturated rings. The Balaban J connectivity index is 1.80. The van der Waals surface area contributed by atoms with Gasteiger partial charge in [-0.05, 0) is 57.7 Å². The van der Waals surface area contributed by atoms with Gasteiger partial charge in [-0.3, -0.25) is 24.1 Å². The number of allylic oxidation sites excluding steroid dienone is 2. The Labute approximate surface area is 216 Å². The van der Waals surface area contributed by atoms with Gasteiger partial charge in [0.25, 0.3) is 0 Å². The molecule has 35 heavy (non-hydrogen) atoms. The molecule has 190 valence electrons. The smallest absolute Gasteiger partial charge is 0.243 e. The fraction of sp³-hybridized carbons (Fsp3) is 0.538. The normalized spacial score (nSPS) is 20.6. The minimum atomic E-state index is -0.745. The van der Waals surface area contributed by atoms with Gasteiger partial charge in [-0.15, -0.1) is 0 Å². The van der Waals surface area contributed by atoms with Crippen LogP contribution in [-0.4, -0.2) is 51.6 Å². The van der Waals surface area contributed by atoms with E-state index in [1.165, 1.54) is 9.80 Å². The first-order valence-corrected chi connectivity index (χ1v) is 12.7. The SMILES string of the molecule is CCC(C(=O)NC(C)(C)C)N(Cc1ccc(Cl)cc1Cl)C(=O)CCN1C(=O)[C@H]2CC=CC[C@H]2C1=O. The molecule has 0 radical (unpaired) electrons. The monoisotopic (exact) mass is 521 g/mol. The van der Waals surface area contributed by atoms with Crippen LogP contribution in [0.5, 0.6) is 0 Å². The minimum absolute atomic E-state index is 0.00826. The lowest BCUT2D eigenvalue weighted by atomic mass is 9.85. The summed E-state index contributed by atoms with van der Waals surface area (Å²) in [6.45, 7) is 7.55. The summed E-state index contributed by atoms with van der Waals surface area (Å²) in [4.78, 5) is 54.9. The summed E-state index contributed by atoms with van der Waals surface area (Å²) in [6.07, 6.45) is 5.26. The van der Waals surface area contributed by atoms with Crippen LogP contribution >= 0.6 is 23.2 Å². The van der Waals surface area contributed by atoms with Gasteiger partial charge in [0.1, 0.15) is 6.04 Å². The average Bonchev–Trinajstić information content (AvgIpc) is 3.02. The molecule has 2 aliphatic rings. The largest absolute Gasteiger partial charge is 0.350 e. The van der Waals surface area contributed by atoms with Crippen LogP contribution in [0.25, 0.3) is 0 Å². The van der Waals surface area contributed by atoms with Crippen LogP contribution in [0.4, 0.5) is 0 Å². The minimum Gasteiger partial charge on any atom is -0.350 e. The summed E-state index contributed by atoms with van der Waals surface area (Å²) >= 11 is 12.4. The van der Waals surface area contributed by atoms with E-state index in [-0.39, 0.29) is 55.0 Å². The molecule has 4 amide bonds. The number of nitrogens with one attached hydrogen (secondary N) is 1. The third kappa shape index (κ3) is 6.44. The van der Waals surface area contributed by atoms with Crippen molar-refractivity contribution in [3.8, 4) is 0 Å². The van der Waals surface area contributed by atoms with Gasteiger partial charge in [0, 0.05) is 35.1 Å². The van der Waals surface area contributed by atoms with Crippen LogP contribution in [0.2, 0.25) is 10.0 Å². The third-order valence-corrected chi connectivity index (χ3v) is 6.97. The lowest BCUT2D eigenvalue weighted by molar-refractivity contribution is -0.144. The van der Waals surface area contributed by atoms with E-state index in [1.807, 2.05) is 39.8 Å². The molecule has 1 N–H and O–H groups in total. The molecule has 1 aromatic rings. The number of carbonyl (C=O) groups is 4. The summed E-state index contributed by atoms with van der Waals surface area (Å²) in [7, 11) is 0. The van der Waals surface area contributed by atoms with Gasteiger partial charge < -0.3 is 10.2 Å². The lowest BCUT2D eigenvalue weighted by Crippen LogP contribution is -2.53. The zero-order valence-electron chi connectivity index (χ0n) is 20.6. The van der Waals surface area contributed by atoms with E-state index < -0.39 is 11.6 Å². The number of benzene rings is 1. The Hall–Kier alpha value is -2.38. The van der Waals surface area contributed by atoms with Crippen molar-refractivity contribution in [3.05, 3.63) is 46.0 Å². The molecule has 1 aromatic carbocycles. The van der Waals surface area contributed by atoms with Crippen molar-refractivity contribution in [2.45, 2.75) is 71.5 Å². The quantitative estimate of drug-likeness (QED) is 0.406. The van der Waals surface area contributed by atoms with Crippen LogP contribution < -0.4 is 5.32 Å². The fourth-order valence-corrected chi connectivity index (χ4v) is 5.11. The van der Waals surface area contributed by atoms with Crippen molar-refractivity contribution in [1.29, 1.82) is 0 Å². The Morgan fingerprint density at radius 2 is 1.71 bits per heavy atom. The molecular weight excluding hydrogens is 489 g/mol. The van der Waals surface area contributed by atoms with Crippen LogP contribution in [0.1, 0.15) is 58.9 Å². The molecule has 0 spiro atoms. The first-order chi connectivity index (χ1) is 16.4. The summed E-state index contributed by atoms with van der Waals surface area (Å²) in [5, 5.41) is 3.81. The Morgan fingerprint density at radius 3 is 2.23 bits per heavy atom. The number of likely N-dealkylation sites (tertiary alicyclic amines) is 1. The van der Waals surface area contributed by atoms with E-state index in [4.69, 9.17) is 23.2 Å². The Bertz CT molecular complexity index is 1010. The molecule has 0 aromatic heterocycles. The summed E-state index contributed by atoms with van der Waals surface area (Å²) in [5.41, 5.74) is 0.174. The predicted molar refractivity (Wildman–Crippen MR) is 136 cm³/mol. The van der Waals surface area contributed by atoms with E-state index in [1.54, 1.807) is 18.2 Å². The molecule has 0 saturated carbocycles. The Kier molecular flexibility index (Phi) is 8.65. The highest BCUT2D eigenvalue weighted by Gasteiger charge is 2.47. The van der Waals surface area contributed by atoms with Crippen molar-refractivity contribution in [3.63, 3.8) is 0 Å². The van der Waals surface area contributed by atoms with Gasteiger partial charge in [0.05, 0.1) is 11.8 Å². The molecule has 1 heterocycles. The summed E-state index contributed by atoms with van der Waals surface area (Å²) < 4.78 is 0. The second-order valence-electron chi connectivity index (χ2n) is 10.2. The van der Waals surface area contributed by atoms with E-state index in [9.17, 15) is 19.2 Å². The zero-order valence-corrected chi connectivity index (χ0v) is 22.2. The topological polar surface area (TPSA) is 86.8 Å². The maximum Gasteiger partial charge on any atom is 0.243 e. The van der Waals surface area contributed by atoms with Gasteiger partial charge in [-0.1, -0.05) is 48.3 Å². The number of hydrogen-bond acceptors (Lipinski definition) is 4. The van der Waals surface area contributed by atoms with Crippen molar-refractivity contribution >= 4 is 46.8 Å². The summed E-state index contributed by atoms with van der Waals surface area (Å²) in [6, 6.07) is 4.25. The fourth-order valence-electron chi connectivity index (χ4n) is 4.65. The maximum absolute atomic E-state index is 13.5. The molecule has 7 nitrogen and oxygen atoms in total. The van der Waals surface area contributed by atoms with Gasteiger partial charge in [-0.2, -0.15) is 0 Å². The molecule has 1 aliphatic carbocycles. The third-order valence-electron chi connectivity index (χ3n) is 6.39. The molecule has 9 heteroatoms. The number of carbonyl (C=O) groups excluding carboxylic acids is 4. The molecule has 1 aliphatic heterocycles. The van der Waals surface area contributed by atoms with Crippen molar-refractivity contribution in [2.75, 3.05) is 6.54 Å². The van der Waals surface area contributed by atoms with Crippen molar-refractivity contribution in [2.24, 2.45) is 11.8 Å².